The third-order valence-electron chi connectivity index (χ3n) is 2.43. The van der Waals surface area contributed by atoms with Crippen LogP contribution in [0.15, 0.2) is 28.7 Å². The zero-order valence-corrected chi connectivity index (χ0v) is 12.6. The van der Waals surface area contributed by atoms with Crippen LogP contribution in [0.3, 0.4) is 0 Å². The van der Waals surface area contributed by atoms with Gasteiger partial charge in [0, 0.05) is 4.47 Å². The second kappa shape index (κ2) is 8.25. The van der Waals surface area contributed by atoms with Crippen molar-refractivity contribution in [2.45, 2.75) is 18.9 Å². The maximum absolute atomic E-state index is 11.6. The van der Waals surface area contributed by atoms with E-state index in [9.17, 15) is 14.4 Å². The van der Waals surface area contributed by atoms with Crippen LogP contribution >= 0.6 is 15.9 Å². The fourth-order valence-electron chi connectivity index (χ4n) is 1.49. The minimum Gasteiger partial charge on any atom is -0.493 e. The quantitative estimate of drug-likeness (QED) is 0.630. The molecule has 0 unspecified atom stereocenters. The molecule has 7 nitrogen and oxygen atoms in total. The summed E-state index contributed by atoms with van der Waals surface area (Å²) in [6, 6.07) is 5.77. The summed E-state index contributed by atoms with van der Waals surface area (Å²) < 4.78 is 6.20. The number of carbonyl (C=O) groups excluding carboxylic acids is 2. The van der Waals surface area contributed by atoms with Gasteiger partial charge in [0.05, 0.1) is 19.4 Å². The molecule has 0 aliphatic rings. The van der Waals surface area contributed by atoms with E-state index in [4.69, 9.17) is 15.6 Å². The monoisotopic (exact) mass is 358 g/mol. The summed E-state index contributed by atoms with van der Waals surface area (Å²) in [5.41, 5.74) is 4.91. The molecule has 0 saturated heterocycles. The summed E-state index contributed by atoms with van der Waals surface area (Å²) in [6.07, 6.45) is -0.484. The van der Waals surface area contributed by atoms with Crippen LogP contribution < -0.4 is 15.8 Å². The number of nitrogens with one attached hydrogen (secondary N) is 1. The van der Waals surface area contributed by atoms with Gasteiger partial charge in [-0.2, -0.15) is 0 Å². The van der Waals surface area contributed by atoms with Crippen molar-refractivity contribution in [2.24, 2.45) is 5.73 Å². The van der Waals surface area contributed by atoms with Gasteiger partial charge in [-0.3, -0.25) is 9.59 Å². The van der Waals surface area contributed by atoms with Crippen LogP contribution in [-0.2, 0) is 14.4 Å². The molecule has 4 N–H and O–H groups in total. The van der Waals surface area contributed by atoms with Crippen LogP contribution in [0.5, 0.6) is 5.75 Å². The number of hydrogen-bond acceptors (Lipinski definition) is 4. The van der Waals surface area contributed by atoms with Gasteiger partial charge in [0.2, 0.25) is 11.8 Å². The highest BCUT2D eigenvalue weighted by Gasteiger charge is 2.21. The maximum atomic E-state index is 11.6. The lowest BCUT2D eigenvalue weighted by Gasteiger charge is -2.13. The van der Waals surface area contributed by atoms with Gasteiger partial charge < -0.3 is 20.9 Å². The normalized spacial score (nSPS) is 11.5. The number of carboxylic acid groups (broad SMARTS) is 1. The van der Waals surface area contributed by atoms with Gasteiger partial charge >= 0.3 is 5.97 Å². The maximum Gasteiger partial charge on any atom is 0.326 e. The van der Waals surface area contributed by atoms with Crippen LogP contribution in [0, 0.1) is 0 Å². The predicted molar refractivity (Wildman–Crippen MR) is 77.6 cm³/mol. The van der Waals surface area contributed by atoms with Crippen LogP contribution in [-0.4, -0.2) is 35.5 Å². The van der Waals surface area contributed by atoms with Crippen LogP contribution in [0.25, 0.3) is 0 Å². The minimum atomic E-state index is -1.32. The van der Waals surface area contributed by atoms with Gasteiger partial charge in [-0.05, 0) is 18.2 Å². The summed E-state index contributed by atoms with van der Waals surface area (Å²) in [7, 11) is 0. The topological polar surface area (TPSA) is 119 Å². The van der Waals surface area contributed by atoms with Gasteiger partial charge in [-0.15, -0.1) is 0 Å². The highest BCUT2D eigenvalue weighted by atomic mass is 79.9. The molecule has 1 rings (SSSR count). The van der Waals surface area contributed by atoms with Gasteiger partial charge in [-0.1, -0.05) is 22.0 Å². The first-order valence-corrected chi connectivity index (χ1v) is 6.86. The number of carbonyl (C=O) groups is 3. The molecule has 0 bridgehead atoms. The summed E-state index contributed by atoms with van der Waals surface area (Å²) in [4.78, 5) is 33.1. The van der Waals surface area contributed by atoms with Crippen LogP contribution in [0.4, 0.5) is 0 Å². The second-order valence-corrected chi connectivity index (χ2v) is 5.10. The molecule has 0 heterocycles. The fourth-order valence-corrected chi connectivity index (χ4v) is 1.86. The predicted octanol–water partition coefficient (Wildman–Crippen LogP) is 0.663. The molecule has 0 saturated carbocycles. The summed E-state index contributed by atoms with van der Waals surface area (Å²) in [5, 5.41) is 11.1. The van der Waals surface area contributed by atoms with Crippen molar-refractivity contribution in [1.29, 1.82) is 0 Å². The number of primary amides is 1. The zero-order chi connectivity index (χ0) is 15.8. The Morgan fingerprint density at radius 2 is 2.10 bits per heavy atom. The van der Waals surface area contributed by atoms with Crippen molar-refractivity contribution in [3.8, 4) is 5.75 Å². The first-order valence-electron chi connectivity index (χ1n) is 6.07. The molecule has 1 aromatic carbocycles. The molecule has 21 heavy (non-hydrogen) atoms. The van der Waals surface area contributed by atoms with E-state index in [1.807, 2.05) is 6.07 Å². The van der Waals surface area contributed by atoms with E-state index in [2.05, 4.69) is 21.2 Å². The summed E-state index contributed by atoms with van der Waals surface area (Å²) >= 11 is 3.29. The zero-order valence-electron chi connectivity index (χ0n) is 11.0. The van der Waals surface area contributed by atoms with E-state index in [0.717, 1.165) is 4.47 Å². The molecular formula is C13H15BrN2O5. The first-order chi connectivity index (χ1) is 9.88. The van der Waals surface area contributed by atoms with E-state index in [0.29, 0.717) is 5.75 Å². The Labute approximate surface area is 129 Å². The SMILES string of the molecule is NC(=O)C[C@@H](NC(=O)CCOc1cccc(Br)c1)C(=O)O. The van der Waals surface area contributed by atoms with Crippen molar-refractivity contribution >= 4 is 33.7 Å². The Morgan fingerprint density at radius 1 is 1.38 bits per heavy atom. The molecule has 0 spiro atoms. The summed E-state index contributed by atoms with van der Waals surface area (Å²) in [6.45, 7) is 0.0885. The molecule has 0 aliphatic carbocycles. The largest absolute Gasteiger partial charge is 0.493 e. The van der Waals surface area contributed by atoms with E-state index >= 15 is 0 Å². The minimum absolute atomic E-state index is 0.0327. The number of amides is 2. The Hall–Kier alpha value is -2.09. The van der Waals surface area contributed by atoms with Gasteiger partial charge in [-0.25, -0.2) is 4.79 Å². The fraction of sp³-hybridized carbons (Fsp3) is 0.308. The average Bonchev–Trinajstić information content (AvgIpc) is 2.37. The van der Waals surface area contributed by atoms with E-state index in [1.165, 1.54) is 0 Å². The highest BCUT2D eigenvalue weighted by molar-refractivity contribution is 9.10. The van der Waals surface area contributed by atoms with Crippen molar-refractivity contribution < 1.29 is 24.2 Å². The molecule has 0 radical (unpaired) electrons. The Bertz CT molecular complexity index is 535. The molecule has 1 aromatic rings. The van der Waals surface area contributed by atoms with Crippen molar-refractivity contribution in [2.75, 3.05) is 6.61 Å². The molecule has 8 heteroatoms. The molecular weight excluding hydrogens is 344 g/mol. The smallest absolute Gasteiger partial charge is 0.326 e. The Kier molecular flexibility index (Phi) is 6.67. The van der Waals surface area contributed by atoms with Gasteiger partial charge in [0.25, 0.3) is 0 Å². The number of aliphatic carboxylic acids is 1. The van der Waals surface area contributed by atoms with Crippen molar-refractivity contribution in [1.82, 2.24) is 5.32 Å². The van der Waals surface area contributed by atoms with Crippen LogP contribution in [0.2, 0.25) is 0 Å². The number of carboxylic acids is 1. The van der Waals surface area contributed by atoms with E-state index in [1.54, 1.807) is 18.2 Å². The average molecular weight is 359 g/mol. The Balaban J connectivity index is 2.39. The number of rotatable bonds is 8. The molecule has 114 valence electrons. The first kappa shape index (κ1) is 17.0. The number of halogens is 1. The molecule has 0 aliphatic heterocycles. The molecule has 1 atom stereocenters. The third kappa shape index (κ3) is 6.75. The number of ether oxygens (including phenoxy) is 1. The van der Waals surface area contributed by atoms with Gasteiger partial charge in [0.1, 0.15) is 11.8 Å². The number of nitrogens with two attached hydrogens (primary N) is 1. The molecule has 2 amide bonds. The number of benzene rings is 1. The lowest BCUT2D eigenvalue weighted by molar-refractivity contribution is -0.143. The van der Waals surface area contributed by atoms with E-state index < -0.39 is 30.2 Å². The third-order valence-corrected chi connectivity index (χ3v) is 2.93. The van der Waals surface area contributed by atoms with E-state index in [-0.39, 0.29) is 13.0 Å². The lowest BCUT2D eigenvalue weighted by atomic mass is 10.2. The van der Waals surface area contributed by atoms with Gasteiger partial charge in [0.15, 0.2) is 0 Å². The second-order valence-electron chi connectivity index (χ2n) is 4.18. The van der Waals surface area contributed by atoms with Crippen LogP contribution in [0.1, 0.15) is 12.8 Å². The highest BCUT2D eigenvalue weighted by Crippen LogP contribution is 2.17. The molecule has 0 fully saturated rings. The standard InChI is InChI=1S/C13H15BrN2O5/c14-8-2-1-3-9(6-8)21-5-4-12(18)16-10(13(19)20)7-11(15)17/h1-3,6,10H,4-5,7H2,(H2,15,17)(H,16,18)(H,19,20)/t10-/m1/s1. The lowest BCUT2D eigenvalue weighted by Crippen LogP contribution is -2.43. The number of hydrogen-bond donors (Lipinski definition) is 3. The van der Waals surface area contributed by atoms with Crippen molar-refractivity contribution in [3.63, 3.8) is 0 Å². The molecule has 0 aromatic heterocycles. The van der Waals surface area contributed by atoms with Crippen molar-refractivity contribution in [3.05, 3.63) is 28.7 Å². The Morgan fingerprint density at radius 3 is 2.67 bits per heavy atom. The summed E-state index contributed by atoms with van der Waals surface area (Å²) in [5.74, 6) is -2.05.